The standard InChI is InChI=1S/C16H20FN3OS/c1-4-15-19-14(10-22-15)9-20(3)16(21)18-11(2)12-6-5-7-13(17)8-12/h5-8,10-11H,4,9H2,1-3H3,(H,18,21)/t11-/m0/s1. The molecule has 4 nitrogen and oxygen atoms in total. The first-order valence-corrected chi connectivity index (χ1v) is 8.08. The van der Waals surface area contributed by atoms with Crippen molar-refractivity contribution in [2.75, 3.05) is 7.05 Å². The molecule has 0 saturated carbocycles. The molecule has 0 aliphatic heterocycles. The predicted molar refractivity (Wildman–Crippen MR) is 86.3 cm³/mol. The summed E-state index contributed by atoms with van der Waals surface area (Å²) in [6, 6.07) is 5.78. The number of rotatable bonds is 5. The van der Waals surface area contributed by atoms with Gasteiger partial charge in [0.05, 0.1) is 23.3 Å². The molecule has 6 heteroatoms. The molecule has 1 N–H and O–H groups in total. The highest BCUT2D eigenvalue weighted by molar-refractivity contribution is 7.09. The Morgan fingerprint density at radius 1 is 1.50 bits per heavy atom. The van der Waals surface area contributed by atoms with E-state index in [0.717, 1.165) is 22.7 Å². The molecule has 0 fully saturated rings. The quantitative estimate of drug-likeness (QED) is 0.911. The highest BCUT2D eigenvalue weighted by Gasteiger charge is 2.15. The lowest BCUT2D eigenvalue weighted by Crippen LogP contribution is -2.38. The van der Waals surface area contributed by atoms with Gasteiger partial charge in [-0.3, -0.25) is 0 Å². The van der Waals surface area contributed by atoms with Crippen LogP contribution in [0, 0.1) is 5.82 Å². The number of benzene rings is 1. The lowest BCUT2D eigenvalue weighted by Gasteiger charge is -2.21. The van der Waals surface area contributed by atoms with Crippen LogP contribution in [0.25, 0.3) is 0 Å². The second-order valence-electron chi connectivity index (χ2n) is 5.17. The summed E-state index contributed by atoms with van der Waals surface area (Å²) in [7, 11) is 1.72. The van der Waals surface area contributed by atoms with Gasteiger partial charge in [-0.2, -0.15) is 0 Å². The molecule has 0 bridgehead atoms. The lowest BCUT2D eigenvalue weighted by atomic mass is 10.1. The van der Waals surface area contributed by atoms with Gasteiger partial charge in [-0.05, 0) is 31.0 Å². The Bertz CT molecular complexity index is 644. The summed E-state index contributed by atoms with van der Waals surface area (Å²) < 4.78 is 13.2. The first kappa shape index (κ1) is 16.4. The van der Waals surface area contributed by atoms with E-state index in [0.29, 0.717) is 6.54 Å². The van der Waals surface area contributed by atoms with E-state index < -0.39 is 0 Å². The van der Waals surface area contributed by atoms with Gasteiger partial charge in [0.25, 0.3) is 0 Å². The fourth-order valence-electron chi connectivity index (χ4n) is 2.05. The molecule has 0 radical (unpaired) electrons. The fraction of sp³-hybridized carbons (Fsp3) is 0.375. The summed E-state index contributed by atoms with van der Waals surface area (Å²) in [4.78, 5) is 18.2. The van der Waals surface area contributed by atoms with E-state index in [-0.39, 0.29) is 17.9 Å². The molecule has 2 aromatic rings. The molecule has 2 rings (SSSR count). The highest BCUT2D eigenvalue weighted by Crippen LogP contribution is 2.15. The van der Waals surface area contributed by atoms with Crippen molar-refractivity contribution in [3.63, 3.8) is 0 Å². The van der Waals surface area contributed by atoms with Crippen molar-refractivity contribution >= 4 is 17.4 Å². The van der Waals surface area contributed by atoms with Gasteiger partial charge in [-0.25, -0.2) is 14.2 Å². The van der Waals surface area contributed by atoms with Crippen LogP contribution in [-0.4, -0.2) is 23.0 Å². The summed E-state index contributed by atoms with van der Waals surface area (Å²) >= 11 is 1.60. The Morgan fingerprint density at radius 2 is 2.27 bits per heavy atom. The largest absolute Gasteiger partial charge is 0.331 e. The third-order valence-corrected chi connectivity index (χ3v) is 4.38. The summed E-state index contributed by atoms with van der Waals surface area (Å²) in [5.41, 5.74) is 1.63. The number of urea groups is 1. The number of carbonyl (C=O) groups excluding carboxylic acids is 1. The van der Waals surface area contributed by atoms with Crippen LogP contribution >= 0.6 is 11.3 Å². The average Bonchev–Trinajstić information content (AvgIpc) is 2.94. The summed E-state index contributed by atoms with van der Waals surface area (Å²) in [5, 5.41) is 5.90. The third-order valence-electron chi connectivity index (χ3n) is 3.34. The third kappa shape index (κ3) is 4.27. The predicted octanol–water partition coefficient (Wildman–Crippen LogP) is 3.75. The van der Waals surface area contributed by atoms with E-state index in [1.807, 2.05) is 12.3 Å². The minimum atomic E-state index is -0.304. The minimum Gasteiger partial charge on any atom is -0.331 e. The second-order valence-corrected chi connectivity index (χ2v) is 6.11. The summed E-state index contributed by atoms with van der Waals surface area (Å²) in [5.74, 6) is -0.304. The van der Waals surface area contributed by atoms with Crippen LogP contribution in [0.2, 0.25) is 0 Å². The molecule has 2 amide bonds. The number of aromatic nitrogens is 1. The Labute approximate surface area is 134 Å². The van der Waals surface area contributed by atoms with E-state index in [4.69, 9.17) is 0 Å². The Balaban J connectivity index is 1.93. The lowest BCUT2D eigenvalue weighted by molar-refractivity contribution is 0.203. The molecule has 1 aromatic carbocycles. The maximum atomic E-state index is 13.2. The molecule has 1 heterocycles. The smallest absolute Gasteiger partial charge is 0.317 e. The maximum Gasteiger partial charge on any atom is 0.317 e. The Morgan fingerprint density at radius 3 is 2.91 bits per heavy atom. The molecule has 0 unspecified atom stereocenters. The van der Waals surface area contributed by atoms with Crippen molar-refractivity contribution in [2.45, 2.75) is 32.9 Å². The van der Waals surface area contributed by atoms with Crippen LogP contribution in [0.1, 0.15) is 36.2 Å². The molecular formula is C16H20FN3OS. The number of hydrogen-bond acceptors (Lipinski definition) is 3. The summed E-state index contributed by atoms with van der Waals surface area (Å²) in [6.07, 6.45) is 0.900. The zero-order chi connectivity index (χ0) is 16.1. The van der Waals surface area contributed by atoms with Gasteiger partial charge in [0.15, 0.2) is 0 Å². The molecule has 0 spiro atoms. The molecule has 0 saturated heterocycles. The van der Waals surface area contributed by atoms with E-state index in [2.05, 4.69) is 17.2 Å². The van der Waals surface area contributed by atoms with Crippen LogP contribution in [0.5, 0.6) is 0 Å². The van der Waals surface area contributed by atoms with Crippen LogP contribution < -0.4 is 5.32 Å². The molecule has 0 aliphatic rings. The highest BCUT2D eigenvalue weighted by atomic mass is 32.1. The van der Waals surface area contributed by atoms with E-state index >= 15 is 0 Å². The van der Waals surface area contributed by atoms with Crippen LogP contribution in [-0.2, 0) is 13.0 Å². The van der Waals surface area contributed by atoms with Crippen molar-refractivity contribution in [3.8, 4) is 0 Å². The topological polar surface area (TPSA) is 45.2 Å². The van der Waals surface area contributed by atoms with Crippen LogP contribution in [0.15, 0.2) is 29.6 Å². The molecule has 0 aliphatic carbocycles. The maximum absolute atomic E-state index is 13.2. The number of hydrogen-bond donors (Lipinski definition) is 1. The number of aryl methyl sites for hydroxylation is 1. The van der Waals surface area contributed by atoms with Crippen molar-refractivity contribution in [3.05, 3.63) is 51.7 Å². The molecular weight excluding hydrogens is 301 g/mol. The van der Waals surface area contributed by atoms with Gasteiger partial charge >= 0.3 is 6.03 Å². The van der Waals surface area contributed by atoms with Gasteiger partial charge in [0.1, 0.15) is 5.82 Å². The molecule has 22 heavy (non-hydrogen) atoms. The first-order chi connectivity index (χ1) is 10.5. The van der Waals surface area contributed by atoms with Gasteiger partial charge < -0.3 is 10.2 Å². The number of thiazole rings is 1. The van der Waals surface area contributed by atoms with Crippen molar-refractivity contribution in [1.29, 1.82) is 0 Å². The monoisotopic (exact) mass is 321 g/mol. The van der Waals surface area contributed by atoms with Gasteiger partial charge in [0.2, 0.25) is 0 Å². The van der Waals surface area contributed by atoms with Crippen molar-refractivity contribution < 1.29 is 9.18 Å². The van der Waals surface area contributed by atoms with E-state index in [1.165, 1.54) is 12.1 Å². The first-order valence-electron chi connectivity index (χ1n) is 7.20. The van der Waals surface area contributed by atoms with E-state index in [1.54, 1.807) is 35.4 Å². The zero-order valence-corrected chi connectivity index (χ0v) is 13.8. The second kappa shape index (κ2) is 7.35. The Hall–Kier alpha value is -1.95. The minimum absolute atomic E-state index is 0.206. The fourth-order valence-corrected chi connectivity index (χ4v) is 2.79. The zero-order valence-electron chi connectivity index (χ0n) is 13.0. The van der Waals surface area contributed by atoms with Crippen LogP contribution in [0.3, 0.4) is 0 Å². The van der Waals surface area contributed by atoms with Crippen LogP contribution in [0.4, 0.5) is 9.18 Å². The number of halogens is 1. The van der Waals surface area contributed by atoms with Gasteiger partial charge in [-0.15, -0.1) is 11.3 Å². The normalized spacial score (nSPS) is 12.0. The van der Waals surface area contributed by atoms with Crippen molar-refractivity contribution in [1.82, 2.24) is 15.2 Å². The Kier molecular flexibility index (Phi) is 5.49. The number of nitrogens with zero attached hydrogens (tertiary/aromatic N) is 2. The molecule has 1 atom stereocenters. The van der Waals surface area contributed by atoms with Gasteiger partial charge in [0, 0.05) is 12.4 Å². The number of carbonyl (C=O) groups is 1. The molecule has 1 aromatic heterocycles. The molecule has 118 valence electrons. The van der Waals surface area contributed by atoms with Gasteiger partial charge in [-0.1, -0.05) is 19.1 Å². The number of amides is 2. The number of nitrogens with one attached hydrogen (secondary N) is 1. The SMILES string of the molecule is CCc1nc(CN(C)C(=O)N[C@@H](C)c2cccc(F)c2)cs1. The van der Waals surface area contributed by atoms with E-state index in [9.17, 15) is 9.18 Å². The average molecular weight is 321 g/mol. The van der Waals surface area contributed by atoms with Crippen molar-refractivity contribution in [2.24, 2.45) is 0 Å². The summed E-state index contributed by atoms with van der Waals surface area (Å²) in [6.45, 7) is 4.34.